The molecule has 2 atom stereocenters. The van der Waals surface area contributed by atoms with Gasteiger partial charge in [0.1, 0.15) is 5.75 Å². The Morgan fingerprint density at radius 3 is 2.80 bits per heavy atom. The van der Waals surface area contributed by atoms with E-state index in [4.69, 9.17) is 9.47 Å². The number of para-hydroxylation sites is 1. The van der Waals surface area contributed by atoms with Crippen LogP contribution in [0.15, 0.2) is 30.3 Å². The molecule has 0 aromatic heterocycles. The molecule has 1 heterocycles. The molecule has 15 heavy (non-hydrogen) atoms. The van der Waals surface area contributed by atoms with Crippen LogP contribution < -0.4 is 4.74 Å². The Bertz CT molecular complexity index is 334. The Morgan fingerprint density at radius 2 is 2.13 bits per heavy atom. The second-order valence-electron chi connectivity index (χ2n) is 3.62. The maximum atomic E-state index is 11.5. The lowest BCUT2D eigenvalue weighted by Gasteiger charge is -2.00. The van der Waals surface area contributed by atoms with Gasteiger partial charge in [-0.1, -0.05) is 31.5 Å². The van der Waals surface area contributed by atoms with Gasteiger partial charge < -0.3 is 9.47 Å². The number of carbonyl (C=O) groups is 1. The number of hydrogen-bond acceptors (Lipinski definition) is 3. The van der Waals surface area contributed by atoms with Crippen molar-refractivity contribution in [3.8, 4) is 5.75 Å². The monoisotopic (exact) mass is 206 g/mol. The molecule has 3 heteroatoms. The fraction of sp³-hybridized carbons (Fsp3) is 0.417. The van der Waals surface area contributed by atoms with Crippen LogP contribution in [0.25, 0.3) is 0 Å². The Morgan fingerprint density at radius 1 is 1.40 bits per heavy atom. The zero-order valence-corrected chi connectivity index (χ0v) is 8.68. The van der Waals surface area contributed by atoms with Crippen molar-refractivity contribution in [2.75, 3.05) is 0 Å². The van der Waals surface area contributed by atoms with Crippen LogP contribution in [0.1, 0.15) is 19.8 Å². The SMILES string of the molecule is CCCC1OC1C(=O)Oc1ccccc1. The summed E-state index contributed by atoms with van der Waals surface area (Å²) in [6.45, 7) is 2.07. The van der Waals surface area contributed by atoms with Crippen LogP contribution >= 0.6 is 0 Å². The molecule has 1 aromatic rings. The zero-order chi connectivity index (χ0) is 10.7. The minimum absolute atomic E-state index is 0.0752. The van der Waals surface area contributed by atoms with Crippen molar-refractivity contribution >= 4 is 5.97 Å². The summed E-state index contributed by atoms with van der Waals surface area (Å²) in [5, 5.41) is 0. The lowest BCUT2D eigenvalue weighted by Crippen LogP contribution is -2.17. The van der Waals surface area contributed by atoms with Crippen molar-refractivity contribution in [2.24, 2.45) is 0 Å². The topological polar surface area (TPSA) is 38.8 Å². The Hall–Kier alpha value is -1.35. The van der Waals surface area contributed by atoms with Crippen LogP contribution in [0.5, 0.6) is 5.75 Å². The summed E-state index contributed by atoms with van der Waals surface area (Å²) in [5.41, 5.74) is 0. The minimum atomic E-state index is -0.342. The molecule has 0 bridgehead atoms. The van der Waals surface area contributed by atoms with Gasteiger partial charge in [0.05, 0.1) is 6.10 Å². The molecule has 80 valence electrons. The smallest absolute Gasteiger partial charge is 0.343 e. The molecule has 2 unspecified atom stereocenters. The molecule has 0 spiro atoms. The molecule has 0 radical (unpaired) electrons. The third-order valence-electron chi connectivity index (χ3n) is 2.35. The molecule has 1 aliphatic heterocycles. The van der Waals surface area contributed by atoms with Gasteiger partial charge in [0, 0.05) is 0 Å². The lowest BCUT2D eigenvalue weighted by molar-refractivity contribution is -0.135. The van der Waals surface area contributed by atoms with Crippen LogP contribution in [0.4, 0.5) is 0 Å². The lowest BCUT2D eigenvalue weighted by atomic mass is 10.2. The van der Waals surface area contributed by atoms with Gasteiger partial charge in [-0.2, -0.15) is 0 Å². The van der Waals surface area contributed by atoms with E-state index in [1.54, 1.807) is 12.1 Å². The molecule has 3 nitrogen and oxygen atoms in total. The average molecular weight is 206 g/mol. The zero-order valence-electron chi connectivity index (χ0n) is 8.68. The van der Waals surface area contributed by atoms with E-state index in [0.717, 1.165) is 12.8 Å². The van der Waals surface area contributed by atoms with Gasteiger partial charge in [-0.05, 0) is 18.6 Å². The van der Waals surface area contributed by atoms with Crippen LogP contribution in [-0.2, 0) is 9.53 Å². The summed E-state index contributed by atoms with van der Waals surface area (Å²) in [5.74, 6) is 0.299. The van der Waals surface area contributed by atoms with Crippen molar-refractivity contribution in [1.29, 1.82) is 0 Å². The van der Waals surface area contributed by atoms with E-state index in [2.05, 4.69) is 6.92 Å². The van der Waals surface area contributed by atoms with E-state index < -0.39 is 0 Å². The van der Waals surface area contributed by atoms with E-state index >= 15 is 0 Å². The number of ether oxygens (including phenoxy) is 2. The summed E-state index contributed by atoms with van der Waals surface area (Å²) in [6.07, 6.45) is 1.69. The molecule has 1 aromatic carbocycles. The number of benzene rings is 1. The predicted molar refractivity (Wildman–Crippen MR) is 55.6 cm³/mol. The molecule has 0 N–H and O–H groups in total. The van der Waals surface area contributed by atoms with Crippen molar-refractivity contribution < 1.29 is 14.3 Å². The van der Waals surface area contributed by atoms with Gasteiger partial charge in [-0.3, -0.25) is 0 Å². The van der Waals surface area contributed by atoms with Gasteiger partial charge in [-0.25, -0.2) is 4.79 Å². The van der Waals surface area contributed by atoms with Crippen LogP contribution in [-0.4, -0.2) is 18.2 Å². The maximum absolute atomic E-state index is 11.5. The van der Waals surface area contributed by atoms with E-state index in [9.17, 15) is 4.79 Å². The third kappa shape index (κ3) is 2.57. The molecule has 1 fully saturated rings. The Labute approximate surface area is 89.0 Å². The quantitative estimate of drug-likeness (QED) is 0.430. The van der Waals surface area contributed by atoms with Crippen LogP contribution in [0.3, 0.4) is 0 Å². The van der Waals surface area contributed by atoms with Crippen LogP contribution in [0.2, 0.25) is 0 Å². The first-order valence-electron chi connectivity index (χ1n) is 5.23. The minimum Gasteiger partial charge on any atom is -0.425 e. The molecular weight excluding hydrogens is 192 g/mol. The van der Waals surface area contributed by atoms with Gasteiger partial charge in [0.25, 0.3) is 0 Å². The van der Waals surface area contributed by atoms with Crippen molar-refractivity contribution in [2.45, 2.75) is 32.0 Å². The van der Waals surface area contributed by atoms with Gasteiger partial charge >= 0.3 is 5.97 Å². The summed E-state index contributed by atoms with van der Waals surface area (Å²) >= 11 is 0. The number of carbonyl (C=O) groups excluding carboxylic acids is 1. The number of hydrogen-bond donors (Lipinski definition) is 0. The normalized spacial score (nSPS) is 23.5. The van der Waals surface area contributed by atoms with Crippen molar-refractivity contribution in [3.05, 3.63) is 30.3 Å². The van der Waals surface area contributed by atoms with E-state index in [1.807, 2.05) is 18.2 Å². The molecule has 1 aliphatic rings. The number of epoxide rings is 1. The third-order valence-corrected chi connectivity index (χ3v) is 2.35. The van der Waals surface area contributed by atoms with Gasteiger partial charge in [-0.15, -0.1) is 0 Å². The molecule has 0 amide bonds. The maximum Gasteiger partial charge on any atom is 0.343 e. The predicted octanol–water partition coefficient (Wildman–Crippen LogP) is 2.16. The van der Waals surface area contributed by atoms with E-state index in [-0.39, 0.29) is 18.2 Å². The fourth-order valence-corrected chi connectivity index (χ4v) is 1.52. The standard InChI is InChI=1S/C12H14O3/c1-2-6-10-11(15-10)12(13)14-9-7-4-3-5-8-9/h3-5,7-8,10-11H,2,6H2,1H3. The molecule has 2 rings (SSSR count). The fourth-order valence-electron chi connectivity index (χ4n) is 1.52. The first kappa shape index (κ1) is 10.2. The first-order valence-corrected chi connectivity index (χ1v) is 5.23. The van der Waals surface area contributed by atoms with Crippen molar-refractivity contribution in [3.63, 3.8) is 0 Å². The van der Waals surface area contributed by atoms with E-state index in [1.165, 1.54) is 0 Å². The van der Waals surface area contributed by atoms with Gasteiger partial charge in [0.15, 0.2) is 6.10 Å². The summed E-state index contributed by atoms with van der Waals surface area (Å²) < 4.78 is 10.4. The van der Waals surface area contributed by atoms with E-state index in [0.29, 0.717) is 5.75 Å². The number of esters is 1. The summed E-state index contributed by atoms with van der Waals surface area (Å²) in [7, 11) is 0. The Kier molecular flexibility index (Phi) is 3.02. The summed E-state index contributed by atoms with van der Waals surface area (Å²) in [4.78, 5) is 11.5. The molecule has 1 saturated heterocycles. The van der Waals surface area contributed by atoms with Crippen LogP contribution in [0, 0.1) is 0 Å². The largest absolute Gasteiger partial charge is 0.425 e. The highest BCUT2D eigenvalue weighted by Crippen LogP contribution is 2.28. The first-order chi connectivity index (χ1) is 7.31. The van der Waals surface area contributed by atoms with Gasteiger partial charge in [0.2, 0.25) is 0 Å². The second kappa shape index (κ2) is 4.45. The number of rotatable bonds is 4. The molecular formula is C12H14O3. The second-order valence-corrected chi connectivity index (χ2v) is 3.62. The Balaban J connectivity index is 1.84. The average Bonchev–Trinajstić information content (AvgIpc) is 2.99. The summed E-state index contributed by atoms with van der Waals surface area (Å²) in [6, 6.07) is 9.06. The highest BCUT2D eigenvalue weighted by atomic mass is 16.6. The van der Waals surface area contributed by atoms with Crippen molar-refractivity contribution in [1.82, 2.24) is 0 Å². The highest BCUT2D eigenvalue weighted by molar-refractivity contribution is 5.80. The molecule has 0 aliphatic carbocycles. The molecule has 0 saturated carbocycles. The highest BCUT2D eigenvalue weighted by Gasteiger charge is 2.45.